The number of nitrogens with zero attached hydrogens (tertiary/aromatic N) is 3. The van der Waals surface area contributed by atoms with E-state index in [1.54, 1.807) is 54.7 Å². The zero-order valence-corrected chi connectivity index (χ0v) is 20.2. The number of carbonyl (C=O) groups excluding carboxylic acids is 3. The summed E-state index contributed by atoms with van der Waals surface area (Å²) in [6, 6.07) is 13.7. The number of nitrogens with one attached hydrogen (secondary N) is 1. The molecule has 1 aliphatic rings. The molecule has 11 heteroatoms. The lowest BCUT2D eigenvalue weighted by Crippen LogP contribution is -2.46. The number of aliphatic carboxylic acids is 1. The average molecular weight is 511 g/mol. The number of para-hydroxylation sites is 1. The van der Waals surface area contributed by atoms with Crippen molar-refractivity contribution >= 4 is 57.6 Å². The molecule has 1 aromatic carbocycles. The van der Waals surface area contributed by atoms with Crippen molar-refractivity contribution in [3.63, 3.8) is 0 Å². The Morgan fingerprint density at radius 2 is 1.77 bits per heavy atom. The first-order chi connectivity index (χ1) is 16.9. The topological polar surface area (TPSA) is 130 Å². The van der Waals surface area contributed by atoms with Crippen molar-refractivity contribution in [3.05, 3.63) is 60.4 Å². The first-order valence-corrected chi connectivity index (χ1v) is 12.6. The van der Waals surface area contributed by atoms with Gasteiger partial charge in [0.2, 0.25) is 5.91 Å². The van der Waals surface area contributed by atoms with Crippen molar-refractivity contribution in [3.8, 4) is 0 Å². The Balaban J connectivity index is 1.56. The predicted molar refractivity (Wildman–Crippen MR) is 131 cm³/mol. The van der Waals surface area contributed by atoms with E-state index in [0.29, 0.717) is 27.8 Å². The van der Waals surface area contributed by atoms with Gasteiger partial charge in [-0.05, 0) is 37.1 Å². The quantitative estimate of drug-likeness (QED) is 0.456. The largest absolute Gasteiger partial charge is 0.481 e. The molecule has 0 aliphatic heterocycles. The molecule has 9 nitrogen and oxygen atoms in total. The average Bonchev–Trinajstić information content (AvgIpc) is 3.51. The maximum absolute atomic E-state index is 13.2. The number of anilines is 2. The van der Waals surface area contributed by atoms with Gasteiger partial charge in [0.15, 0.2) is 5.13 Å². The number of carboxylic acids is 1. The number of hydrogen-bond acceptors (Lipinski definition) is 8. The van der Waals surface area contributed by atoms with Crippen molar-refractivity contribution in [2.24, 2.45) is 5.92 Å². The van der Waals surface area contributed by atoms with Gasteiger partial charge < -0.3 is 5.11 Å². The molecule has 3 aromatic rings. The normalized spacial score (nSPS) is 13.4. The lowest BCUT2D eigenvalue weighted by Gasteiger charge is -2.23. The number of hydrogen-bond donors (Lipinski definition) is 2. The number of amides is 3. The highest BCUT2D eigenvalue weighted by atomic mass is 32.2. The molecule has 1 fully saturated rings. The summed E-state index contributed by atoms with van der Waals surface area (Å²) in [5.74, 6) is -3.82. The third-order valence-electron chi connectivity index (χ3n) is 5.37. The van der Waals surface area contributed by atoms with Crippen LogP contribution in [0.5, 0.6) is 0 Å². The van der Waals surface area contributed by atoms with Gasteiger partial charge in [0.25, 0.3) is 0 Å². The van der Waals surface area contributed by atoms with Gasteiger partial charge in [-0.1, -0.05) is 60.2 Å². The minimum atomic E-state index is -1.08. The van der Waals surface area contributed by atoms with E-state index in [9.17, 15) is 24.3 Å². The van der Waals surface area contributed by atoms with Crippen LogP contribution in [0.2, 0.25) is 0 Å². The van der Waals surface area contributed by atoms with Crippen LogP contribution < -0.4 is 10.2 Å². The van der Waals surface area contributed by atoms with Crippen LogP contribution in [0.1, 0.15) is 31.4 Å². The minimum absolute atomic E-state index is 0.0689. The number of imide groups is 1. The van der Waals surface area contributed by atoms with E-state index in [0.717, 1.165) is 29.1 Å². The Hall–Kier alpha value is -3.57. The van der Waals surface area contributed by atoms with E-state index < -0.39 is 23.7 Å². The van der Waals surface area contributed by atoms with Crippen molar-refractivity contribution in [1.29, 1.82) is 0 Å². The van der Waals surface area contributed by atoms with Crippen LogP contribution in [0.25, 0.3) is 0 Å². The molecular formula is C24H22N4O5S2. The van der Waals surface area contributed by atoms with Crippen molar-refractivity contribution < 1.29 is 24.3 Å². The van der Waals surface area contributed by atoms with Crippen LogP contribution in [0, 0.1) is 5.92 Å². The standard InChI is InChI=1S/C24H22N4O5S2/c29-19(30)14-17-23(34-18-12-6-7-13-25-18)35-24(26-17)27-20(31)22(33)28(16-10-2-1-3-11-16)21(32)15-8-4-5-9-15/h1-3,6-7,10-13,15H,4-5,8-9,14H2,(H,29,30)(H,26,27,31). The smallest absolute Gasteiger partial charge is 0.323 e. The highest BCUT2D eigenvalue weighted by Crippen LogP contribution is 2.37. The second-order valence-electron chi connectivity index (χ2n) is 7.84. The molecule has 0 spiro atoms. The SMILES string of the molecule is O=C(O)Cc1nc(NC(=O)C(=O)N(C(=O)C2CCCC2)c2ccccc2)sc1Sc1ccccn1. The fraction of sp³-hybridized carbons (Fsp3) is 0.250. The van der Waals surface area contributed by atoms with Crippen LogP contribution in [0.3, 0.4) is 0 Å². The third-order valence-corrected chi connectivity index (χ3v) is 7.55. The maximum Gasteiger partial charge on any atom is 0.323 e. The van der Waals surface area contributed by atoms with Gasteiger partial charge >= 0.3 is 17.8 Å². The molecule has 35 heavy (non-hydrogen) atoms. The predicted octanol–water partition coefficient (Wildman–Crippen LogP) is 4.00. The van der Waals surface area contributed by atoms with Gasteiger partial charge in [-0.25, -0.2) is 14.9 Å². The summed E-state index contributed by atoms with van der Waals surface area (Å²) in [7, 11) is 0. The van der Waals surface area contributed by atoms with Crippen LogP contribution in [0.15, 0.2) is 64.0 Å². The van der Waals surface area contributed by atoms with E-state index in [1.807, 2.05) is 0 Å². The van der Waals surface area contributed by atoms with E-state index in [2.05, 4.69) is 15.3 Å². The van der Waals surface area contributed by atoms with Crippen LogP contribution in [0.4, 0.5) is 10.8 Å². The van der Waals surface area contributed by atoms with E-state index in [-0.39, 0.29) is 23.2 Å². The first-order valence-electron chi connectivity index (χ1n) is 11.0. The van der Waals surface area contributed by atoms with Gasteiger partial charge in [-0.15, -0.1) is 0 Å². The van der Waals surface area contributed by atoms with Crippen molar-refractivity contribution in [2.45, 2.75) is 41.3 Å². The monoisotopic (exact) mass is 510 g/mol. The number of pyridine rings is 1. The summed E-state index contributed by atoms with van der Waals surface area (Å²) < 4.78 is 0.538. The fourth-order valence-electron chi connectivity index (χ4n) is 3.76. The number of aromatic nitrogens is 2. The molecule has 2 N–H and O–H groups in total. The van der Waals surface area contributed by atoms with Crippen LogP contribution >= 0.6 is 23.1 Å². The summed E-state index contributed by atoms with van der Waals surface area (Å²) in [4.78, 5) is 59.9. The molecule has 1 aliphatic carbocycles. The minimum Gasteiger partial charge on any atom is -0.481 e. The van der Waals surface area contributed by atoms with Crippen molar-refractivity contribution in [1.82, 2.24) is 9.97 Å². The van der Waals surface area contributed by atoms with E-state index >= 15 is 0 Å². The Labute approximate surface area is 209 Å². The summed E-state index contributed by atoms with van der Waals surface area (Å²) in [6.07, 6.45) is 4.42. The number of carbonyl (C=O) groups is 4. The second kappa shape index (κ2) is 11.2. The number of carboxylic acid groups (broad SMARTS) is 1. The molecule has 0 saturated heterocycles. The molecule has 1 saturated carbocycles. The summed E-state index contributed by atoms with van der Waals surface area (Å²) in [5, 5.41) is 12.4. The number of rotatable bonds is 7. The maximum atomic E-state index is 13.2. The highest BCUT2D eigenvalue weighted by molar-refractivity contribution is 8.01. The Bertz CT molecular complexity index is 1230. The lowest BCUT2D eigenvalue weighted by molar-refractivity contribution is -0.138. The summed E-state index contributed by atoms with van der Waals surface area (Å²) in [5.41, 5.74) is 0.574. The van der Waals surface area contributed by atoms with Crippen molar-refractivity contribution in [2.75, 3.05) is 10.2 Å². The fourth-order valence-corrected chi connectivity index (χ4v) is 5.81. The molecule has 0 atom stereocenters. The number of thiazole rings is 1. The van der Waals surface area contributed by atoms with Gasteiger partial charge in [-0.2, -0.15) is 0 Å². The molecule has 0 bridgehead atoms. The Morgan fingerprint density at radius 1 is 1.06 bits per heavy atom. The first kappa shape index (κ1) is 24.6. The summed E-state index contributed by atoms with van der Waals surface area (Å²) in [6.45, 7) is 0. The Morgan fingerprint density at radius 3 is 2.43 bits per heavy atom. The molecule has 0 unspecified atom stereocenters. The van der Waals surface area contributed by atoms with Gasteiger partial charge in [0.05, 0.1) is 22.0 Å². The molecular weight excluding hydrogens is 488 g/mol. The van der Waals surface area contributed by atoms with Crippen LogP contribution in [-0.4, -0.2) is 38.8 Å². The molecule has 4 rings (SSSR count). The zero-order valence-electron chi connectivity index (χ0n) is 18.5. The molecule has 0 radical (unpaired) electrons. The second-order valence-corrected chi connectivity index (χ2v) is 10.1. The molecule has 3 amide bonds. The van der Waals surface area contributed by atoms with E-state index in [1.165, 1.54) is 11.8 Å². The van der Waals surface area contributed by atoms with Crippen LogP contribution in [-0.2, 0) is 25.6 Å². The molecule has 180 valence electrons. The highest BCUT2D eigenvalue weighted by Gasteiger charge is 2.35. The van der Waals surface area contributed by atoms with E-state index in [4.69, 9.17) is 0 Å². The third kappa shape index (κ3) is 6.11. The van der Waals surface area contributed by atoms with Gasteiger partial charge in [0, 0.05) is 12.1 Å². The summed E-state index contributed by atoms with van der Waals surface area (Å²) >= 11 is 2.26. The molecule has 2 heterocycles. The zero-order chi connectivity index (χ0) is 24.8. The van der Waals surface area contributed by atoms with Gasteiger partial charge in [0.1, 0.15) is 5.03 Å². The number of benzene rings is 1. The van der Waals surface area contributed by atoms with Gasteiger partial charge in [-0.3, -0.25) is 24.5 Å². The Kier molecular flexibility index (Phi) is 7.88. The molecule has 2 aromatic heterocycles. The lowest BCUT2D eigenvalue weighted by atomic mass is 10.1.